The Kier molecular flexibility index (Phi) is 6.54. The van der Waals surface area contributed by atoms with Crippen molar-refractivity contribution >= 4 is 16.9 Å². The molecule has 6 nitrogen and oxygen atoms in total. The number of rotatable bonds is 8. The quantitative estimate of drug-likeness (QED) is 0.321. The molecule has 3 rings (SSSR count). The Morgan fingerprint density at radius 3 is 2.41 bits per heavy atom. The number of hydrogen-bond donors (Lipinski definition) is 0. The Morgan fingerprint density at radius 2 is 1.69 bits per heavy atom. The normalized spacial score (nSPS) is 10.7. The number of carbonyl (C=O) groups is 1. The fourth-order valence-electron chi connectivity index (χ4n) is 2.91. The smallest absolute Gasteiger partial charge is 0.336 e. The van der Waals surface area contributed by atoms with Crippen LogP contribution in [0.4, 0.5) is 0 Å². The zero-order valence-electron chi connectivity index (χ0n) is 16.8. The second-order valence-electron chi connectivity index (χ2n) is 6.81. The Balaban J connectivity index is 1.51. The van der Waals surface area contributed by atoms with E-state index in [1.165, 1.54) is 6.07 Å². The van der Waals surface area contributed by atoms with Crippen LogP contribution in [0.2, 0.25) is 0 Å². The first-order valence-electron chi connectivity index (χ1n) is 9.42. The van der Waals surface area contributed by atoms with Crippen molar-refractivity contribution in [2.24, 2.45) is 0 Å². The highest BCUT2D eigenvalue weighted by atomic mass is 16.5. The number of hydrogen-bond acceptors (Lipinski definition) is 6. The van der Waals surface area contributed by atoms with Crippen LogP contribution in [-0.2, 0) is 16.1 Å². The molecule has 0 radical (unpaired) electrons. The van der Waals surface area contributed by atoms with E-state index >= 15 is 0 Å². The van der Waals surface area contributed by atoms with E-state index < -0.39 is 5.63 Å². The Bertz CT molecular complexity index is 1050. The lowest BCUT2D eigenvalue weighted by Gasteiger charge is -2.10. The molecule has 29 heavy (non-hydrogen) atoms. The van der Waals surface area contributed by atoms with E-state index in [4.69, 9.17) is 18.6 Å². The molecule has 0 bridgehead atoms. The third-order valence-electron chi connectivity index (χ3n) is 4.69. The molecule has 0 N–H and O–H groups in total. The van der Waals surface area contributed by atoms with Crippen molar-refractivity contribution in [3.8, 4) is 11.5 Å². The molecule has 0 saturated heterocycles. The van der Waals surface area contributed by atoms with Crippen LogP contribution >= 0.6 is 0 Å². The maximum Gasteiger partial charge on any atom is 0.336 e. The lowest BCUT2D eigenvalue weighted by Crippen LogP contribution is -2.09. The van der Waals surface area contributed by atoms with Crippen molar-refractivity contribution in [3.05, 3.63) is 69.6 Å². The summed E-state index contributed by atoms with van der Waals surface area (Å²) in [4.78, 5) is 23.9. The molecule has 0 aliphatic rings. The molecule has 0 fully saturated rings. The predicted octanol–water partition coefficient (Wildman–Crippen LogP) is 4.32. The molecule has 152 valence electrons. The minimum Gasteiger partial charge on any atom is -0.497 e. The number of ether oxygens (including phenoxy) is 3. The molecule has 0 saturated carbocycles. The number of aryl methyl sites for hydroxylation is 2. The van der Waals surface area contributed by atoms with Crippen molar-refractivity contribution in [1.82, 2.24) is 0 Å². The predicted molar refractivity (Wildman–Crippen MR) is 109 cm³/mol. The lowest BCUT2D eigenvalue weighted by atomic mass is 10.0. The van der Waals surface area contributed by atoms with Crippen LogP contribution in [0, 0.1) is 13.8 Å². The largest absolute Gasteiger partial charge is 0.497 e. The number of methoxy groups -OCH3 is 1. The van der Waals surface area contributed by atoms with E-state index in [1.807, 2.05) is 50.2 Å². The first kappa shape index (κ1) is 20.5. The first-order valence-corrected chi connectivity index (χ1v) is 9.42. The molecule has 0 amide bonds. The standard InChI is InChI=1S/C23H24O6/c1-15-11-20-17(13-23(25)29-21(20)12-16(15)2)14-28-22(24)5-4-10-27-19-8-6-18(26-3)7-9-19/h6-9,11-13H,4-5,10,14H2,1-3H3. The highest BCUT2D eigenvalue weighted by Crippen LogP contribution is 2.22. The minimum atomic E-state index is -0.459. The van der Waals surface area contributed by atoms with Gasteiger partial charge in [-0.05, 0) is 67.8 Å². The first-order chi connectivity index (χ1) is 14.0. The minimum absolute atomic E-state index is 0.0305. The van der Waals surface area contributed by atoms with Crippen LogP contribution in [0.25, 0.3) is 11.0 Å². The average Bonchev–Trinajstić information content (AvgIpc) is 2.71. The van der Waals surface area contributed by atoms with Gasteiger partial charge in [0.05, 0.1) is 13.7 Å². The Morgan fingerprint density at radius 1 is 1.00 bits per heavy atom. The summed E-state index contributed by atoms with van der Waals surface area (Å²) in [5.74, 6) is 1.13. The summed E-state index contributed by atoms with van der Waals surface area (Å²) in [5, 5.41) is 0.781. The topological polar surface area (TPSA) is 75.0 Å². The van der Waals surface area contributed by atoms with Gasteiger partial charge in [0.25, 0.3) is 0 Å². The molecule has 2 aromatic carbocycles. The SMILES string of the molecule is COc1ccc(OCCCC(=O)OCc2cc(=O)oc3cc(C)c(C)cc23)cc1. The number of benzene rings is 2. The molecular weight excluding hydrogens is 372 g/mol. The second kappa shape index (κ2) is 9.28. The fourth-order valence-corrected chi connectivity index (χ4v) is 2.91. The van der Waals surface area contributed by atoms with E-state index in [2.05, 4.69) is 0 Å². The van der Waals surface area contributed by atoms with E-state index in [1.54, 1.807) is 7.11 Å². The molecule has 0 atom stereocenters. The van der Waals surface area contributed by atoms with E-state index in [0.717, 1.165) is 22.3 Å². The van der Waals surface area contributed by atoms with E-state index in [-0.39, 0.29) is 19.0 Å². The van der Waals surface area contributed by atoms with Crippen molar-refractivity contribution in [2.75, 3.05) is 13.7 Å². The molecule has 0 aliphatic heterocycles. The monoisotopic (exact) mass is 396 g/mol. The van der Waals surface area contributed by atoms with Gasteiger partial charge in [0.15, 0.2) is 0 Å². The van der Waals surface area contributed by atoms with Gasteiger partial charge in [0.1, 0.15) is 23.7 Å². The summed E-state index contributed by atoms with van der Waals surface area (Å²) in [6, 6.07) is 12.4. The van der Waals surface area contributed by atoms with Crippen LogP contribution in [-0.4, -0.2) is 19.7 Å². The summed E-state index contributed by atoms with van der Waals surface area (Å²) >= 11 is 0. The average molecular weight is 396 g/mol. The van der Waals surface area contributed by atoms with Crippen LogP contribution < -0.4 is 15.1 Å². The van der Waals surface area contributed by atoms with Gasteiger partial charge in [-0.25, -0.2) is 4.79 Å². The summed E-state index contributed by atoms with van der Waals surface area (Å²) in [5.41, 5.74) is 2.79. The zero-order chi connectivity index (χ0) is 20.8. The van der Waals surface area contributed by atoms with Crippen molar-refractivity contribution in [2.45, 2.75) is 33.3 Å². The molecule has 6 heteroatoms. The summed E-state index contributed by atoms with van der Waals surface area (Å²) < 4.78 is 21.3. The molecular formula is C23H24O6. The van der Waals surface area contributed by atoms with Gasteiger partial charge in [-0.1, -0.05) is 0 Å². The summed E-state index contributed by atoms with van der Waals surface area (Å²) in [7, 11) is 1.61. The number of esters is 1. The van der Waals surface area contributed by atoms with Crippen LogP contribution in [0.15, 0.2) is 51.7 Å². The van der Waals surface area contributed by atoms with E-state index in [0.29, 0.717) is 29.9 Å². The van der Waals surface area contributed by atoms with Crippen molar-refractivity contribution in [3.63, 3.8) is 0 Å². The van der Waals surface area contributed by atoms with Gasteiger partial charge in [-0.3, -0.25) is 4.79 Å². The van der Waals surface area contributed by atoms with Crippen LogP contribution in [0.1, 0.15) is 29.5 Å². The number of carbonyl (C=O) groups excluding carboxylic acids is 1. The van der Waals surface area contributed by atoms with Crippen molar-refractivity contribution in [1.29, 1.82) is 0 Å². The molecule has 0 aliphatic carbocycles. The van der Waals surface area contributed by atoms with Gasteiger partial charge < -0.3 is 18.6 Å². The molecule has 0 unspecified atom stereocenters. The number of fused-ring (bicyclic) bond motifs is 1. The van der Waals surface area contributed by atoms with Gasteiger partial charge >= 0.3 is 11.6 Å². The lowest BCUT2D eigenvalue weighted by molar-refractivity contribution is -0.145. The maximum absolute atomic E-state index is 12.1. The summed E-state index contributed by atoms with van der Waals surface area (Å²) in [6.45, 7) is 4.37. The molecule has 1 heterocycles. The Hall–Kier alpha value is -3.28. The summed E-state index contributed by atoms with van der Waals surface area (Å²) in [6.07, 6.45) is 0.758. The Labute approximate surface area is 169 Å². The van der Waals surface area contributed by atoms with Gasteiger partial charge in [-0.2, -0.15) is 0 Å². The highest BCUT2D eigenvalue weighted by Gasteiger charge is 2.10. The molecule has 1 aromatic heterocycles. The van der Waals surface area contributed by atoms with Gasteiger partial charge in [0.2, 0.25) is 0 Å². The van der Waals surface area contributed by atoms with E-state index in [9.17, 15) is 9.59 Å². The third kappa shape index (κ3) is 5.38. The molecule has 3 aromatic rings. The van der Waals surface area contributed by atoms with Crippen LogP contribution in [0.3, 0.4) is 0 Å². The maximum atomic E-state index is 12.1. The third-order valence-corrected chi connectivity index (χ3v) is 4.69. The van der Waals surface area contributed by atoms with Crippen LogP contribution in [0.5, 0.6) is 11.5 Å². The van der Waals surface area contributed by atoms with Gasteiger partial charge in [0, 0.05) is 23.4 Å². The van der Waals surface area contributed by atoms with Gasteiger partial charge in [-0.15, -0.1) is 0 Å². The zero-order valence-corrected chi connectivity index (χ0v) is 16.8. The molecule has 0 spiro atoms. The second-order valence-corrected chi connectivity index (χ2v) is 6.81. The highest BCUT2D eigenvalue weighted by molar-refractivity contribution is 5.82. The van der Waals surface area contributed by atoms with Crippen molar-refractivity contribution < 1.29 is 23.4 Å². The fraction of sp³-hybridized carbons (Fsp3) is 0.304.